The van der Waals surface area contributed by atoms with Gasteiger partial charge in [0.2, 0.25) is 5.75 Å². The van der Waals surface area contributed by atoms with Gasteiger partial charge < -0.3 is 15.4 Å². The second kappa shape index (κ2) is 7.28. The molecule has 3 N–H and O–H groups in total. The number of thiophene rings is 1. The Morgan fingerprint density at radius 1 is 1.14 bits per heavy atom. The standard InChI is InChI=1S/C21H17N3O3S/c1-12(14-9-8-13-5-2-3-6-15(13)11-14)22-20(26)17-18(25)21(27)24-19(23-17)16-7-4-10-28-16/h2-12,25H,1H3,(H,22,26)(H,23,24,27)/t12-/m1/s1. The lowest BCUT2D eigenvalue weighted by Gasteiger charge is -2.15. The molecule has 2 heterocycles. The zero-order valence-corrected chi connectivity index (χ0v) is 15.8. The molecule has 0 saturated carbocycles. The van der Waals surface area contributed by atoms with Gasteiger partial charge in [-0.15, -0.1) is 11.3 Å². The summed E-state index contributed by atoms with van der Waals surface area (Å²) in [4.78, 5) is 32.1. The number of rotatable bonds is 4. The number of aromatic nitrogens is 2. The molecule has 28 heavy (non-hydrogen) atoms. The number of H-pyrrole nitrogens is 1. The first-order valence-electron chi connectivity index (χ1n) is 8.69. The molecule has 7 heteroatoms. The maximum Gasteiger partial charge on any atom is 0.294 e. The molecule has 1 atom stereocenters. The molecular weight excluding hydrogens is 374 g/mol. The van der Waals surface area contributed by atoms with Crippen molar-refractivity contribution in [3.63, 3.8) is 0 Å². The molecule has 2 aromatic heterocycles. The van der Waals surface area contributed by atoms with Crippen LogP contribution in [-0.2, 0) is 0 Å². The number of benzene rings is 2. The number of nitrogens with zero attached hydrogens (tertiary/aromatic N) is 1. The zero-order chi connectivity index (χ0) is 19.7. The normalized spacial score (nSPS) is 12.0. The van der Waals surface area contributed by atoms with E-state index in [2.05, 4.69) is 15.3 Å². The molecule has 1 amide bonds. The van der Waals surface area contributed by atoms with Crippen molar-refractivity contribution in [3.05, 3.63) is 81.6 Å². The Morgan fingerprint density at radius 3 is 2.68 bits per heavy atom. The van der Waals surface area contributed by atoms with Crippen LogP contribution in [0.1, 0.15) is 29.0 Å². The highest BCUT2D eigenvalue weighted by Gasteiger charge is 2.21. The van der Waals surface area contributed by atoms with Gasteiger partial charge in [0.05, 0.1) is 10.9 Å². The second-order valence-corrected chi connectivity index (χ2v) is 7.34. The summed E-state index contributed by atoms with van der Waals surface area (Å²) in [6.07, 6.45) is 0. The predicted molar refractivity (Wildman–Crippen MR) is 110 cm³/mol. The quantitative estimate of drug-likeness (QED) is 0.492. The summed E-state index contributed by atoms with van der Waals surface area (Å²) in [5.74, 6) is -1.05. The minimum Gasteiger partial charge on any atom is -0.501 e. The topological polar surface area (TPSA) is 95.1 Å². The number of aromatic hydroxyl groups is 1. The maximum absolute atomic E-state index is 12.7. The van der Waals surface area contributed by atoms with E-state index in [0.717, 1.165) is 16.3 Å². The Hall–Kier alpha value is -3.45. The smallest absolute Gasteiger partial charge is 0.294 e. The molecule has 0 radical (unpaired) electrons. The average Bonchev–Trinajstić information content (AvgIpc) is 3.24. The monoisotopic (exact) mass is 391 g/mol. The van der Waals surface area contributed by atoms with Crippen molar-refractivity contribution >= 4 is 28.0 Å². The van der Waals surface area contributed by atoms with Gasteiger partial charge in [-0.1, -0.05) is 42.5 Å². The lowest BCUT2D eigenvalue weighted by molar-refractivity contribution is 0.0931. The zero-order valence-electron chi connectivity index (χ0n) is 15.0. The lowest BCUT2D eigenvalue weighted by atomic mass is 10.0. The van der Waals surface area contributed by atoms with Crippen LogP contribution in [0.25, 0.3) is 21.5 Å². The molecule has 4 rings (SSSR count). The highest BCUT2D eigenvalue weighted by molar-refractivity contribution is 7.13. The van der Waals surface area contributed by atoms with E-state index < -0.39 is 17.2 Å². The van der Waals surface area contributed by atoms with E-state index in [1.807, 2.05) is 60.8 Å². The summed E-state index contributed by atoms with van der Waals surface area (Å²) < 4.78 is 0. The minimum absolute atomic E-state index is 0.251. The molecule has 2 aromatic carbocycles. The summed E-state index contributed by atoms with van der Waals surface area (Å²) in [5.41, 5.74) is -0.128. The first-order chi connectivity index (χ1) is 13.5. The molecule has 0 aliphatic heterocycles. The second-order valence-electron chi connectivity index (χ2n) is 6.39. The molecule has 140 valence electrons. The number of carbonyl (C=O) groups is 1. The van der Waals surface area contributed by atoms with E-state index in [-0.39, 0.29) is 17.6 Å². The van der Waals surface area contributed by atoms with Crippen LogP contribution < -0.4 is 10.9 Å². The van der Waals surface area contributed by atoms with Crippen molar-refractivity contribution in [1.82, 2.24) is 15.3 Å². The van der Waals surface area contributed by atoms with Gasteiger partial charge in [0.1, 0.15) is 0 Å². The van der Waals surface area contributed by atoms with Gasteiger partial charge in [-0.3, -0.25) is 9.59 Å². The molecule has 0 aliphatic rings. The number of amides is 1. The van der Waals surface area contributed by atoms with E-state index in [4.69, 9.17) is 0 Å². The highest BCUT2D eigenvalue weighted by Crippen LogP contribution is 2.23. The third-order valence-corrected chi connectivity index (χ3v) is 5.36. The average molecular weight is 391 g/mol. The number of aromatic amines is 1. The third-order valence-electron chi connectivity index (χ3n) is 4.49. The summed E-state index contributed by atoms with van der Waals surface area (Å²) in [5, 5.41) is 16.9. The molecule has 0 unspecified atom stereocenters. The molecule has 0 spiro atoms. The van der Waals surface area contributed by atoms with Crippen LogP contribution in [0.5, 0.6) is 5.75 Å². The van der Waals surface area contributed by atoms with Crippen molar-refractivity contribution in [1.29, 1.82) is 0 Å². The van der Waals surface area contributed by atoms with Crippen LogP contribution in [0.2, 0.25) is 0 Å². The van der Waals surface area contributed by atoms with Gasteiger partial charge in [0.15, 0.2) is 11.5 Å². The Balaban J connectivity index is 1.63. The Labute approximate surface area is 164 Å². The van der Waals surface area contributed by atoms with Crippen LogP contribution in [0.4, 0.5) is 0 Å². The molecular formula is C21H17N3O3S. The fourth-order valence-electron chi connectivity index (χ4n) is 2.98. The Kier molecular flexibility index (Phi) is 4.67. The summed E-state index contributed by atoms with van der Waals surface area (Å²) in [6, 6.07) is 17.1. The van der Waals surface area contributed by atoms with E-state index in [0.29, 0.717) is 4.88 Å². The van der Waals surface area contributed by atoms with E-state index >= 15 is 0 Å². The Bertz CT molecular complexity index is 1220. The van der Waals surface area contributed by atoms with Crippen LogP contribution >= 0.6 is 11.3 Å². The summed E-state index contributed by atoms with van der Waals surface area (Å²) >= 11 is 1.38. The van der Waals surface area contributed by atoms with Crippen LogP contribution in [0, 0.1) is 0 Å². The number of fused-ring (bicyclic) bond motifs is 1. The van der Waals surface area contributed by atoms with Crippen molar-refractivity contribution in [3.8, 4) is 16.5 Å². The SMILES string of the molecule is C[C@@H](NC(=O)c1nc(-c2cccs2)[nH]c(=O)c1O)c1ccc2ccccc2c1. The first-order valence-corrected chi connectivity index (χ1v) is 9.57. The fourth-order valence-corrected chi connectivity index (χ4v) is 3.65. The summed E-state index contributed by atoms with van der Waals surface area (Å²) in [6.45, 7) is 1.84. The number of nitrogens with one attached hydrogen (secondary N) is 2. The Morgan fingerprint density at radius 2 is 1.93 bits per heavy atom. The molecule has 6 nitrogen and oxygen atoms in total. The molecule has 0 fully saturated rings. The number of carbonyl (C=O) groups excluding carboxylic acids is 1. The molecule has 0 aliphatic carbocycles. The van der Waals surface area contributed by atoms with Gasteiger partial charge in [-0.05, 0) is 40.8 Å². The van der Waals surface area contributed by atoms with E-state index in [1.54, 1.807) is 6.07 Å². The van der Waals surface area contributed by atoms with Gasteiger partial charge in [-0.25, -0.2) is 4.98 Å². The van der Waals surface area contributed by atoms with Gasteiger partial charge in [0.25, 0.3) is 11.5 Å². The van der Waals surface area contributed by atoms with Crippen LogP contribution in [-0.4, -0.2) is 21.0 Å². The first kappa shape index (κ1) is 17.9. The molecule has 0 saturated heterocycles. The number of hydrogen-bond acceptors (Lipinski definition) is 5. The van der Waals surface area contributed by atoms with E-state index in [9.17, 15) is 14.7 Å². The minimum atomic E-state index is -0.748. The molecule has 4 aromatic rings. The van der Waals surface area contributed by atoms with Crippen LogP contribution in [0.15, 0.2) is 64.8 Å². The van der Waals surface area contributed by atoms with E-state index in [1.165, 1.54) is 11.3 Å². The highest BCUT2D eigenvalue weighted by atomic mass is 32.1. The van der Waals surface area contributed by atoms with Crippen molar-refractivity contribution in [2.24, 2.45) is 0 Å². The maximum atomic E-state index is 12.7. The van der Waals surface area contributed by atoms with Gasteiger partial charge in [-0.2, -0.15) is 0 Å². The molecule has 0 bridgehead atoms. The summed E-state index contributed by atoms with van der Waals surface area (Å²) in [7, 11) is 0. The number of hydrogen-bond donors (Lipinski definition) is 3. The fraction of sp³-hybridized carbons (Fsp3) is 0.0952. The van der Waals surface area contributed by atoms with Crippen LogP contribution in [0.3, 0.4) is 0 Å². The predicted octanol–water partition coefficient (Wildman–Crippen LogP) is 3.85. The van der Waals surface area contributed by atoms with Gasteiger partial charge >= 0.3 is 0 Å². The largest absolute Gasteiger partial charge is 0.501 e. The van der Waals surface area contributed by atoms with Gasteiger partial charge in [0, 0.05) is 0 Å². The third kappa shape index (κ3) is 3.39. The van der Waals surface area contributed by atoms with Crippen molar-refractivity contribution in [2.75, 3.05) is 0 Å². The van der Waals surface area contributed by atoms with Crippen molar-refractivity contribution < 1.29 is 9.90 Å². The lowest BCUT2D eigenvalue weighted by Crippen LogP contribution is -2.29. The van der Waals surface area contributed by atoms with Crippen molar-refractivity contribution in [2.45, 2.75) is 13.0 Å².